The van der Waals surface area contributed by atoms with Gasteiger partial charge in [0.1, 0.15) is 0 Å². The van der Waals surface area contributed by atoms with E-state index in [4.69, 9.17) is 4.74 Å². The van der Waals surface area contributed by atoms with Gasteiger partial charge in [-0.25, -0.2) is 4.79 Å². The number of nitrogens with zero attached hydrogens (tertiary/aromatic N) is 4. The predicted octanol–water partition coefficient (Wildman–Crippen LogP) is 2.07. The van der Waals surface area contributed by atoms with Crippen LogP contribution < -0.4 is 10.2 Å². The van der Waals surface area contributed by atoms with Crippen LogP contribution in [0.25, 0.3) is 0 Å². The van der Waals surface area contributed by atoms with Gasteiger partial charge in [-0.2, -0.15) is 0 Å². The molecule has 1 aromatic heterocycles. The highest BCUT2D eigenvalue weighted by Gasteiger charge is 2.23. The molecule has 0 unspecified atom stereocenters. The highest BCUT2D eigenvalue weighted by atomic mass is 16.6. The van der Waals surface area contributed by atoms with Crippen molar-refractivity contribution < 1.29 is 14.3 Å². The van der Waals surface area contributed by atoms with Crippen LogP contribution in [-0.4, -0.2) is 66.4 Å². The zero-order valence-corrected chi connectivity index (χ0v) is 16.0. The van der Waals surface area contributed by atoms with Crippen LogP contribution in [0.3, 0.4) is 0 Å². The van der Waals surface area contributed by atoms with E-state index in [0.29, 0.717) is 45.0 Å². The Morgan fingerprint density at radius 2 is 1.96 bits per heavy atom. The van der Waals surface area contributed by atoms with E-state index in [-0.39, 0.29) is 12.0 Å². The average molecular weight is 375 g/mol. The molecule has 1 aliphatic carbocycles. The normalized spacial score (nSPS) is 16.9. The second-order valence-corrected chi connectivity index (χ2v) is 7.21. The number of unbranched alkanes of at least 4 members (excludes halogenated alkanes) is 1. The number of aromatic nitrogens is 2. The molecule has 8 heteroatoms. The number of hydrogen-bond acceptors (Lipinski definition) is 6. The summed E-state index contributed by atoms with van der Waals surface area (Å²) in [4.78, 5) is 27.8. The molecule has 2 fully saturated rings. The first-order valence-electron chi connectivity index (χ1n) is 9.96. The Labute approximate surface area is 160 Å². The predicted molar refractivity (Wildman–Crippen MR) is 102 cm³/mol. The van der Waals surface area contributed by atoms with E-state index in [1.54, 1.807) is 11.0 Å². The molecule has 3 rings (SSSR count). The Hall–Kier alpha value is -2.38. The summed E-state index contributed by atoms with van der Waals surface area (Å²) in [5.74, 6) is 1.35. The molecule has 27 heavy (non-hydrogen) atoms. The smallest absolute Gasteiger partial charge is 0.409 e. The van der Waals surface area contributed by atoms with Crippen LogP contribution in [0.2, 0.25) is 0 Å². The first-order chi connectivity index (χ1) is 13.2. The number of anilines is 1. The summed E-state index contributed by atoms with van der Waals surface area (Å²) < 4.78 is 5.25. The van der Waals surface area contributed by atoms with E-state index in [0.717, 1.165) is 31.0 Å². The molecular weight excluding hydrogens is 346 g/mol. The number of carbonyl (C=O) groups is 2. The third kappa shape index (κ3) is 5.80. The van der Waals surface area contributed by atoms with Gasteiger partial charge in [-0.05, 0) is 30.9 Å². The van der Waals surface area contributed by atoms with Crippen LogP contribution in [0.1, 0.15) is 49.5 Å². The van der Waals surface area contributed by atoms with Gasteiger partial charge in [0.15, 0.2) is 11.5 Å². The Bertz CT molecular complexity index is 625. The monoisotopic (exact) mass is 375 g/mol. The third-order valence-electron chi connectivity index (χ3n) is 5.00. The van der Waals surface area contributed by atoms with Crippen molar-refractivity contribution in [3.05, 3.63) is 17.8 Å². The van der Waals surface area contributed by atoms with Crippen LogP contribution in [0.5, 0.6) is 0 Å². The minimum absolute atomic E-state index is 0.172. The van der Waals surface area contributed by atoms with Crippen LogP contribution in [0, 0.1) is 5.92 Å². The molecule has 1 aromatic rings. The fraction of sp³-hybridized carbons (Fsp3) is 0.684. The Morgan fingerprint density at radius 3 is 2.59 bits per heavy atom. The Kier molecular flexibility index (Phi) is 6.84. The number of hydrogen-bond donors (Lipinski definition) is 1. The highest BCUT2D eigenvalue weighted by Crippen LogP contribution is 2.31. The number of nitrogens with one attached hydrogen (secondary N) is 1. The van der Waals surface area contributed by atoms with Crippen molar-refractivity contribution in [1.29, 1.82) is 0 Å². The average Bonchev–Trinajstić information content (AvgIpc) is 3.53. The molecule has 2 amide bonds. The van der Waals surface area contributed by atoms with Crippen molar-refractivity contribution in [1.82, 2.24) is 20.4 Å². The standard InChI is InChI=1S/C19H29N5O3/c1-2-3-14-27-19(26)24-12-10-23(11-13-24)17-7-6-16(21-22-17)18(25)20-9-8-15-4-5-15/h6-7,15H,2-5,8-14H2,1H3,(H,20,25). The lowest BCUT2D eigenvalue weighted by Gasteiger charge is -2.34. The molecule has 0 radical (unpaired) electrons. The number of ether oxygens (including phenoxy) is 1. The van der Waals surface area contributed by atoms with Gasteiger partial charge in [0.2, 0.25) is 0 Å². The summed E-state index contributed by atoms with van der Waals surface area (Å²) in [6, 6.07) is 3.53. The molecule has 1 saturated heterocycles. The minimum atomic E-state index is -0.243. The van der Waals surface area contributed by atoms with Gasteiger partial charge in [-0.1, -0.05) is 26.2 Å². The van der Waals surface area contributed by atoms with Crippen molar-refractivity contribution in [2.45, 2.75) is 39.0 Å². The van der Waals surface area contributed by atoms with Gasteiger partial charge in [0.05, 0.1) is 6.61 Å². The van der Waals surface area contributed by atoms with Crippen molar-refractivity contribution in [3.8, 4) is 0 Å². The van der Waals surface area contributed by atoms with Crippen molar-refractivity contribution in [2.75, 3.05) is 44.2 Å². The van der Waals surface area contributed by atoms with Gasteiger partial charge in [-0.3, -0.25) is 4.79 Å². The molecular formula is C19H29N5O3. The van der Waals surface area contributed by atoms with Crippen LogP contribution in [0.15, 0.2) is 12.1 Å². The van der Waals surface area contributed by atoms with Gasteiger partial charge in [0.25, 0.3) is 5.91 Å². The molecule has 0 bridgehead atoms. The molecule has 1 aliphatic heterocycles. The van der Waals surface area contributed by atoms with E-state index in [2.05, 4.69) is 27.3 Å². The fourth-order valence-corrected chi connectivity index (χ4v) is 3.02. The Morgan fingerprint density at radius 1 is 1.19 bits per heavy atom. The second-order valence-electron chi connectivity index (χ2n) is 7.21. The summed E-state index contributed by atoms with van der Waals surface area (Å²) in [6.07, 6.45) is 5.27. The zero-order valence-electron chi connectivity index (χ0n) is 16.0. The van der Waals surface area contributed by atoms with Crippen LogP contribution in [0.4, 0.5) is 10.6 Å². The van der Waals surface area contributed by atoms with Gasteiger partial charge < -0.3 is 19.9 Å². The van der Waals surface area contributed by atoms with E-state index in [9.17, 15) is 9.59 Å². The van der Waals surface area contributed by atoms with E-state index < -0.39 is 0 Å². The van der Waals surface area contributed by atoms with Gasteiger partial charge in [0, 0.05) is 32.7 Å². The quantitative estimate of drug-likeness (QED) is 0.700. The lowest BCUT2D eigenvalue weighted by Crippen LogP contribution is -2.49. The molecule has 0 aromatic carbocycles. The summed E-state index contributed by atoms with van der Waals surface area (Å²) in [5.41, 5.74) is 0.340. The van der Waals surface area contributed by atoms with Crippen molar-refractivity contribution in [2.24, 2.45) is 5.92 Å². The van der Waals surface area contributed by atoms with Gasteiger partial charge in [-0.15, -0.1) is 10.2 Å². The maximum absolute atomic E-state index is 12.1. The third-order valence-corrected chi connectivity index (χ3v) is 5.00. The Balaban J connectivity index is 1.42. The SMILES string of the molecule is CCCCOC(=O)N1CCN(c2ccc(C(=O)NCCC3CC3)nn2)CC1. The van der Waals surface area contributed by atoms with Crippen molar-refractivity contribution in [3.63, 3.8) is 0 Å². The number of rotatable bonds is 8. The second kappa shape index (κ2) is 9.53. The van der Waals surface area contributed by atoms with Crippen LogP contribution in [-0.2, 0) is 4.74 Å². The fourth-order valence-electron chi connectivity index (χ4n) is 3.02. The van der Waals surface area contributed by atoms with E-state index >= 15 is 0 Å². The molecule has 8 nitrogen and oxygen atoms in total. The molecule has 148 valence electrons. The number of amides is 2. The maximum atomic E-state index is 12.1. The summed E-state index contributed by atoms with van der Waals surface area (Å²) in [6.45, 7) is 5.77. The first-order valence-corrected chi connectivity index (χ1v) is 9.96. The van der Waals surface area contributed by atoms with Crippen LogP contribution >= 0.6 is 0 Å². The van der Waals surface area contributed by atoms with E-state index in [1.807, 2.05) is 6.07 Å². The lowest BCUT2D eigenvalue weighted by molar-refractivity contribution is 0.0944. The lowest BCUT2D eigenvalue weighted by atomic mass is 10.3. The summed E-state index contributed by atoms with van der Waals surface area (Å²) in [7, 11) is 0. The van der Waals surface area contributed by atoms with Crippen molar-refractivity contribution >= 4 is 17.8 Å². The topological polar surface area (TPSA) is 87.7 Å². The molecule has 0 spiro atoms. The zero-order chi connectivity index (χ0) is 19.1. The van der Waals surface area contributed by atoms with Gasteiger partial charge >= 0.3 is 6.09 Å². The first kappa shape index (κ1) is 19.4. The molecule has 2 heterocycles. The molecule has 1 N–H and O–H groups in total. The maximum Gasteiger partial charge on any atom is 0.409 e. The number of carbonyl (C=O) groups excluding carboxylic acids is 2. The molecule has 1 saturated carbocycles. The number of piperazine rings is 1. The molecule has 2 aliphatic rings. The highest BCUT2D eigenvalue weighted by molar-refractivity contribution is 5.92. The minimum Gasteiger partial charge on any atom is -0.449 e. The van der Waals surface area contributed by atoms with E-state index in [1.165, 1.54) is 12.8 Å². The summed E-state index contributed by atoms with van der Waals surface area (Å²) in [5, 5.41) is 11.1. The summed E-state index contributed by atoms with van der Waals surface area (Å²) >= 11 is 0. The molecule has 0 atom stereocenters. The largest absolute Gasteiger partial charge is 0.449 e.